The second-order valence-electron chi connectivity index (χ2n) is 8.29. The highest BCUT2D eigenvalue weighted by molar-refractivity contribution is 7.90. The smallest absolute Gasteiger partial charge is 0.416 e. The Morgan fingerprint density at radius 2 is 1.33 bits per heavy atom. The maximum atomic E-state index is 13.4. The molecule has 0 bridgehead atoms. The number of rotatable bonds is 9. The van der Waals surface area contributed by atoms with Gasteiger partial charge in [-0.1, -0.05) is 18.2 Å². The highest BCUT2D eigenvalue weighted by atomic mass is 32.2. The normalized spacial score (nSPS) is 15.5. The summed E-state index contributed by atoms with van der Waals surface area (Å²) in [5.41, 5.74) is -1.19. The van der Waals surface area contributed by atoms with Gasteiger partial charge in [-0.25, -0.2) is 26.4 Å². The van der Waals surface area contributed by atoms with Crippen molar-refractivity contribution in [3.8, 4) is 0 Å². The molecule has 0 unspecified atom stereocenters. The lowest BCUT2D eigenvalue weighted by molar-refractivity contribution is -0.139. The van der Waals surface area contributed by atoms with E-state index in [4.69, 9.17) is 9.47 Å². The molecule has 0 radical (unpaired) electrons. The van der Waals surface area contributed by atoms with Crippen molar-refractivity contribution in [3.63, 3.8) is 0 Å². The molecule has 1 aromatic rings. The molecule has 2 rings (SSSR count). The summed E-state index contributed by atoms with van der Waals surface area (Å²) in [6, 6.07) is 4.01. The number of dihydropyridines is 1. The number of esters is 2. The summed E-state index contributed by atoms with van der Waals surface area (Å²) in [7, 11) is -6.95. The van der Waals surface area contributed by atoms with Crippen LogP contribution >= 0.6 is 0 Å². The molecule has 1 aliphatic rings. The van der Waals surface area contributed by atoms with Crippen molar-refractivity contribution >= 4 is 31.6 Å². The van der Waals surface area contributed by atoms with Gasteiger partial charge in [-0.05, 0) is 25.5 Å². The molecule has 0 aliphatic carbocycles. The first-order valence-corrected chi connectivity index (χ1v) is 14.6. The Morgan fingerprint density at radius 3 is 1.72 bits per heavy atom. The van der Waals surface area contributed by atoms with E-state index in [0.717, 1.165) is 30.7 Å². The molecule has 14 heteroatoms. The summed E-state index contributed by atoms with van der Waals surface area (Å²) >= 11 is 0. The van der Waals surface area contributed by atoms with Crippen molar-refractivity contribution in [2.45, 2.75) is 25.9 Å². The second kappa shape index (κ2) is 11.0. The zero-order valence-corrected chi connectivity index (χ0v) is 21.6. The van der Waals surface area contributed by atoms with Crippen molar-refractivity contribution in [2.24, 2.45) is 0 Å². The maximum Gasteiger partial charge on any atom is 0.416 e. The highest BCUT2D eigenvalue weighted by Crippen LogP contribution is 2.41. The summed E-state index contributed by atoms with van der Waals surface area (Å²) in [6.07, 6.45) is -2.84. The number of hydrogen-bond acceptors (Lipinski definition) is 9. The number of allylic oxidation sites excluding steroid dienone is 2. The number of carbonyl (C=O) groups is 2. The molecule has 0 amide bonds. The van der Waals surface area contributed by atoms with Crippen LogP contribution in [0.5, 0.6) is 0 Å². The van der Waals surface area contributed by atoms with Crippen molar-refractivity contribution in [1.82, 2.24) is 5.32 Å². The quantitative estimate of drug-likeness (QED) is 0.457. The topological polar surface area (TPSA) is 133 Å². The van der Waals surface area contributed by atoms with E-state index in [9.17, 15) is 39.6 Å². The van der Waals surface area contributed by atoms with E-state index in [-0.39, 0.29) is 28.1 Å². The monoisotopic (exact) mass is 553 g/mol. The largest absolute Gasteiger partial charge is 0.461 e. The number of hydrogen-bond donors (Lipinski definition) is 1. The van der Waals surface area contributed by atoms with Crippen molar-refractivity contribution in [3.05, 3.63) is 57.9 Å². The Bertz CT molecular complexity index is 1240. The summed E-state index contributed by atoms with van der Waals surface area (Å²) in [4.78, 5) is 26.0. The maximum absolute atomic E-state index is 13.4. The average molecular weight is 554 g/mol. The third-order valence-electron chi connectivity index (χ3n) is 5.12. The Hall–Kier alpha value is -2.87. The van der Waals surface area contributed by atoms with Gasteiger partial charge in [-0.3, -0.25) is 0 Å². The first kappa shape index (κ1) is 29.4. The number of halogens is 3. The number of nitrogens with one attached hydrogen (secondary N) is 1. The van der Waals surface area contributed by atoms with E-state index in [1.807, 2.05) is 0 Å². The minimum atomic E-state index is -4.72. The third-order valence-corrected chi connectivity index (χ3v) is 6.94. The molecular weight excluding hydrogens is 527 g/mol. The Balaban J connectivity index is 2.55. The first-order chi connectivity index (χ1) is 16.4. The van der Waals surface area contributed by atoms with Crippen molar-refractivity contribution in [1.29, 1.82) is 0 Å². The summed E-state index contributed by atoms with van der Waals surface area (Å²) in [6.45, 7) is 1.87. The lowest BCUT2D eigenvalue weighted by atomic mass is 9.80. The zero-order chi connectivity index (χ0) is 27.5. The molecule has 0 saturated heterocycles. The van der Waals surface area contributed by atoms with Crippen molar-refractivity contribution < 1.29 is 49.1 Å². The second-order valence-corrected chi connectivity index (χ2v) is 12.8. The van der Waals surface area contributed by atoms with Gasteiger partial charge in [0, 0.05) is 23.9 Å². The minimum absolute atomic E-state index is 0.0739. The van der Waals surface area contributed by atoms with Crippen LogP contribution in [-0.2, 0) is 44.9 Å². The van der Waals surface area contributed by atoms with Crippen LogP contribution in [0, 0.1) is 0 Å². The highest BCUT2D eigenvalue weighted by Gasteiger charge is 2.39. The van der Waals surface area contributed by atoms with Gasteiger partial charge in [0.05, 0.1) is 34.1 Å². The Labute approximate surface area is 207 Å². The Morgan fingerprint density at radius 1 is 0.889 bits per heavy atom. The van der Waals surface area contributed by atoms with E-state index in [2.05, 4.69) is 5.32 Å². The number of benzene rings is 1. The van der Waals surface area contributed by atoms with Crippen LogP contribution < -0.4 is 5.32 Å². The number of ether oxygens (including phenoxy) is 2. The molecule has 36 heavy (non-hydrogen) atoms. The number of sulfone groups is 2. The fraction of sp³-hybridized carbons (Fsp3) is 0.455. The number of carbonyl (C=O) groups excluding carboxylic acids is 2. The van der Waals surface area contributed by atoms with Crippen LogP contribution in [0.3, 0.4) is 0 Å². The fourth-order valence-corrected chi connectivity index (χ4v) is 4.26. The minimum Gasteiger partial charge on any atom is -0.461 e. The Kier molecular flexibility index (Phi) is 9.00. The van der Waals surface area contributed by atoms with E-state index in [1.54, 1.807) is 0 Å². The van der Waals surface area contributed by atoms with Gasteiger partial charge in [-0.15, -0.1) is 0 Å². The summed E-state index contributed by atoms with van der Waals surface area (Å²) in [5, 5.41) is 2.80. The predicted molar refractivity (Wildman–Crippen MR) is 124 cm³/mol. The molecule has 1 aliphatic heterocycles. The van der Waals surface area contributed by atoms with Gasteiger partial charge in [0.15, 0.2) is 19.7 Å². The van der Waals surface area contributed by atoms with Gasteiger partial charge in [-0.2, -0.15) is 13.2 Å². The number of alkyl halides is 3. The zero-order valence-electron chi connectivity index (χ0n) is 19.9. The molecule has 0 saturated carbocycles. The van der Waals surface area contributed by atoms with E-state index >= 15 is 0 Å². The molecule has 1 heterocycles. The van der Waals surface area contributed by atoms with E-state index < -0.39 is 74.0 Å². The molecule has 0 fully saturated rings. The van der Waals surface area contributed by atoms with E-state index in [1.165, 1.54) is 19.9 Å². The summed E-state index contributed by atoms with van der Waals surface area (Å²) < 4.78 is 96.0. The fourth-order valence-electron chi connectivity index (χ4n) is 3.49. The molecule has 9 nitrogen and oxygen atoms in total. The van der Waals surface area contributed by atoms with Gasteiger partial charge < -0.3 is 14.8 Å². The first-order valence-electron chi connectivity index (χ1n) is 10.5. The lowest BCUT2D eigenvalue weighted by Gasteiger charge is -2.30. The average Bonchev–Trinajstić information content (AvgIpc) is 2.70. The predicted octanol–water partition coefficient (Wildman–Crippen LogP) is 2.12. The van der Waals surface area contributed by atoms with Crippen LogP contribution in [-0.4, -0.2) is 66.0 Å². The van der Waals surface area contributed by atoms with Crippen LogP contribution in [0.15, 0.2) is 46.8 Å². The van der Waals surface area contributed by atoms with Crippen LogP contribution in [0.25, 0.3) is 0 Å². The SMILES string of the molecule is CC1=C(C(=O)OCCS(C)(=O)=O)C(c2cccc(C(F)(F)F)c2)C(C(=O)OCCS(C)(=O)=O)=C(C)N1. The molecule has 1 aromatic carbocycles. The molecule has 0 aromatic heterocycles. The van der Waals surface area contributed by atoms with Crippen LogP contribution in [0.4, 0.5) is 13.2 Å². The standard InChI is InChI=1S/C22H26F3NO8S2/c1-13-17(20(27)33-8-10-35(3,29)30)19(15-6-5-7-16(12-15)22(23,24)25)18(14(2)26-13)21(28)34-9-11-36(4,31)32/h5-7,12,19,26H,8-11H2,1-4H3. The van der Waals surface area contributed by atoms with E-state index in [0.29, 0.717) is 0 Å². The van der Waals surface area contributed by atoms with Gasteiger partial charge in [0.25, 0.3) is 0 Å². The van der Waals surface area contributed by atoms with Crippen molar-refractivity contribution in [2.75, 3.05) is 37.2 Å². The summed E-state index contributed by atoms with van der Waals surface area (Å²) in [5.74, 6) is -4.42. The molecule has 0 spiro atoms. The van der Waals surface area contributed by atoms with Gasteiger partial charge in [0.2, 0.25) is 0 Å². The van der Waals surface area contributed by atoms with Gasteiger partial charge >= 0.3 is 18.1 Å². The molecular formula is C22H26F3NO8S2. The van der Waals surface area contributed by atoms with Gasteiger partial charge in [0.1, 0.15) is 13.2 Å². The molecule has 200 valence electrons. The third kappa shape index (κ3) is 8.08. The molecule has 0 atom stereocenters. The molecule has 1 N–H and O–H groups in total. The lowest BCUT2D eigenvalue weighted by Crippen LogP contribution is -2.33. The van der Waals surface area contributed by atoms with Crippen LogP contribution in [0.1, 0.15) is 30.9 Å². The van der Waals surface area contributed by atoms with Crippen LogP contribution in [0.2, 0.25) is 0 Å².